The third kappa shape index (κ3) is 6.25. The van der Waals surface area contributed by atoms with Crippen LogP contribution in [0, 0.1) is 31.0 Å². The molecule has 0 unspecified atom stereocenters. The van der Waals surface area contributed by atoms with E-state index in [1.807, 2.05) is 26.8 Å². The first kappa shape index (κ1) is 21.3. The van der Waals surface area contributed by atoms with Crippen LogP contribution in [0.2, 0.25) is 0 Å². The predicted molar refractivity (Wildman–Crippen MR) is 110 cm³/mol. The molecule has 0 saturated heterocycles. The number of guanidine groups is 1. The molecule has 0 aliphatic carbocycles. The zero-order valence-electron chi connectivity index (χ0n) is 14.4. The third-order valence-electron chi connectivity index (χ3n) is 3.34. The van der Waals surface area contributed by atoms with Crippen molar-refractivity contribution >= 4 is 41.3 Å². The lowest BCUT2D eigenvalue weighted by atomic mass is 10.1. The summed E-state index contributed by atoms with van der Waals surface area (Å²) in [5.74, 6) is 0.243. The molecule has 0 spiro atoms. The fourth-order valence-electron chi connectivity index (χ4n) is 2.17. The molecule has 0 amide bonds. The van der Waals surface area contributed by atoms with Gasteiger partial charge >= 0.3 is 0 Å². The van der Waals surface area contributed by atoms with E-state index in [0.29, 0.717) is 30.2 Å². The van der Waals surface area contributed by atoms with E-state index in [2.05, 4.69) is 20.6 Å². The van der Waals surface area contributed by atoms with Crippen LogP contribution in [0.1, 0.15) is 33.6 Å². The molecule has 0 bridgehead atoms. The number of aromatic nitrogens is 1. The first-order chi connectivity index (χ1) is 11.5. The fourth-order valence-corrected chi connectivity index (χ4v) is 3.05. The normalized spacial score (nSPS) is 10.8. The van der Waals surface area contributed by atoms with Crippen molar-refractivity contribution in [2.45, 2.75) is 33.9 Å². The van der Waals surface area contributed by atoms with Gasteiger partial charge in [0.15, 0.2) is 5.96 Å². The van der Waals surface area contributed by atoms with Gasteiger partial charge in [-0.25, -0.2) is 14.4 Å². The maximum atomic E-state index is 13.8. The van der Waals surface area contributed by atoms with Crippen LogP contribution >= 0.6 is 35.3 Å². The maximum Gasteiger partial charge on any atom is 0.191 e. The number of nitrogens with one attached hydrogen (secondary N) is 2. The highest BCUT2D eigenvalue weighted by Gasteiger charge is 2.07. The number of nitrogens with zero attached hydrogens (tertiary/aromatic N) is 3. The molecule has 1 aromatic heterocycles. The van der Waals surface area contributed by atoms with Crippen molar-refractivity contribution in [1.82, 2.24) is 15.6 Å². The lowest BCUT2D eigenvalue weighted by Gasteiger charge is -2.11. The summed E-state index contributed by atoms with van der Waals surface area (Å²) >= 11 is 1.64. The molecule has 0 fully saturated rings. The molecule has 0 atom stereocenters. The average Bonchev–Trinajstić information content (AvgIpc) is 2.89. The van der Waals surface area contributed by atoms with Gasteiger partial charge in [0.1, 0.15) is 5.82 Å². The highest BCUT2D eigenvalue weighted by atomic mass is 127. The predicted octanol–water partition coefficient (Wildman–Crippen LogP) is 3.64. The number of hydrogen-bond acceptors (Lipinski definition) is 4. The first-order valence-electron chi connectivity index (χ1n) is 7.67. The quantitative estimate of drug-likeness (QED) is 0.395. The molecule has 2 rings (SSSR count). The van der Waals surface area contributed by atoms with Crippen molar-refractivity contribution in [3.05, 3.63) is 50.7 Å². The molecule has 2 aromatic rings. The average molecular weight is 473 g/mol. The second-order valence-electron chi connectivity index (χ2n) is 5.21. The molecule has 5 nitrogen and oxygen atoms in total. The summed E-state index contributed by atoms with van der Waals surface area (Å²) in [7, 11) is 0. The molecular formula is C17H21FIN5S. The largest absolute Gasteiger partial charge is 0.357 e. The van der Waals surface area contributed by atoms with E-state index in [-0.39, 0.29) is 36.3 Å². The lowest BCUT2D eigenvalue weighted by Crippen LogP contribution is -2.36. The highest BCUT2D eigenvalue weighted by Crippen LogP contribution is 2.16. The van der Waals surface area contributed by atoms with Gasteiger partial charge in [0.2, 0.25) is 0 Å². The van der Waals surface area contributed by atoms with Gasteiger partial charge in [0.25, 0.3) is 0 Å². The van der Waals surface area contributed by atoms with Crippen LogP contribution < -0.4 is 10.6 Å². The lowest BCUT2D eigenvalue weighted by molar-refractivity contribution is 0.610. The first-order valence-corrected chi connectivity index (χ1v) is 8.48. The number of rotatable bonds is 5. The van der Waals surface area contributed by atoms with Gasteiger partial charge in [-0.2, -0.15) is 5.26 Å². The summed E-state index contributed by atoms with van der Waals surface area (Å²) in [6.45, 7) is 7.41. The van der Waals surface area contributed by atoms with Gasteiger partial charge in [-0.1, -0.05) is 0 Å². The standard InChI is InChI=1S/C17H20FN5S.HI/c1-4-20-17(22-10-16-11(2)23-12(3)24-16)21-9-14-7-13(8-19)5-6-15(14)18;/h5-7H,4,9-10H2,1-3H3,(H2,20,21,22);1H. The van der Waals surface area contributed by atoms with Crippen LogP contribution in [0.3, 0.4) is 0 Å². The summed E-state index contributed by atoms with van der Waals surface area (Å²) < 4.78 is 13.8. The van der Waals surface area contributed by atoms with Gasteiger partial charge in [0.05, 0.1) is 35.4 Å². The van der Waals surface area contributed by atoms with E-state index in [9.17, 15) is 4.39 Å². The maximum absolute atomic E-state index is 13.8. The summed E-state index contributed by atoms with van der Waals surface area (Å²) in [6.07, 6.45) is 0. The molecule has 2 N–H and O–H groups in total. The molecule has 0 aliphatic heterocycles. The fraction of sp³-hybridized carbons (Fsp3) is 0.353. The minimum absolute atomic E-state index is 0. The van der Waals surface area contributed by atoms with Gasteiger partial charge in [0, 0.05) is 17.0 Å². The zero-order valence-corrected chi connectivity index (χ0v) is 17.5. The van der Waals surface area contributed by atoms with Crippen LogP contribution in [0.25, 0.3) is 0 Å². The molecule has 0 saturated carbocycles. The molecule has 8 heteroatoms. The molecule has 1 heterocycles. The number of halogens is 2. The third-order valence-corrected chi connectivity index (χ3v) is 4.42. The second-order valence-corrected chi connectivity index (χ2v) is 6.50. The molecule has 134 valence electrons. The molecule has 0 aliphatic rings. The Labute approximate surface area is 168 Å². The Balaban J connectivity index is 0.00000312. The highest BCUT2D eigenvalue weighted by molar-refractivity contribution is 14.0. The monoisotopic (exact) mass is 473 g/mol. The smallest absolute Gasteiger partial charge is 0.191 e. The van der Waals surface area contributed by atoms with Crippen LogP contribution in [-0.4, -0.2) is 17.5 Å². The van der Waals surface area contributed by atoms with Gasteiger partial charge in [-0.3, -0.25) is 0 Å². The number of aliphatic imine (C=N–C) groups is 1. The Morgan fingerprint density at radius 3 is 2.72 bits per heavy atom. The number of aryl methyl sites for hydroxylation is 2. The Morgan fingerprint density at radius 2 is 2.12 bits per heavy atom. The molecule has 25 heavy (non-hydrogen) atoms. The van der Waals surface area contributed by atoms with E-state index < -0.39 is 0 Å². The number of hydrogen-bond donors (Lipinski definition) is 2. The van der Waals surface area contributed by atoms with Crippen LogP contribution in [0.5, 0.6) is 0 Å². The summed E-state index contributed by atoms with van der Waals surface area (Å²) in [5, 5.41) is 16.3. The second kappa shape index (κ2) is 10.3. The van der Waals surface area contributed by atoms with E-state index in [4.69, 9.17) is 5.26 Å². The SMILES string of the molecule is CCNC(=NCc1cc(C#N)ccc1F)NCc1sc(C)nc1C.I. The van der Waals surface area contributed by atoms with E-state index in [1.165, 1.54) is 18.2 Å². The van der Waals surface area contributed by atoms with Crippen molar-refractivity contribution in [3.8, 4) is 6.07 Å². The van der Waals surface area contributed by atoms with Crippen molar-refractivity contribution in [3.63, 3.8) is 0 Å². The minimum Gasteiger partial charge on any atom is -0.357 e. The molecular weight excluding hydrogens is 452 g/mol. The van der Waals surface area contributed by atoms with E-state index >= 15 is 0 Å². The number of thiazole rings is 1. The van der Waals surface area contributed by atoms with Crippen LogP contribution in [0.4, 0.5) is 4.39 Å². The molecule has 0 radical (unpaired) electrons. The van der Waals surface area contributed by atoms with E-state index in [0.717, 1.165) is 15.6 Å². The van der Waals surface area contributed by atoms with Crippen molar-refractivity contribution in [2.24, 2.45) is 4.99 Å². The summed E-state index contributed by atoms with van der Waals surface area (Å²) in [5.41, 5.74) is 1.83. The summed E-state index contributed by atoms with van der Waals surface area (Å²) in [6, 6.07) is 6.30. The van der Waals surface area contributed by atoms with Gasteiger partial charge < -0.3 is 10.6 Å². The number of nitriles is 1. The van der Waals surface area contributed by atoms with Gasteiger partial charge in [-0.05, 0) is 39.0 Å². The Bertz CT molecular complexity index is 782. The molecule has 1 aromatic carbocycles. The number of benzene rings is 1. The summed E-state index contributed by atoms with van der Waals surface area (Å²) in [4.78, 5) is 9.95. The van der Waals surface area contributed by atoms with Crippen LogP contribution in [-0.2, 0) is 13.1 Å². The Morgan fingerprint density at radius 1 is 1.36 bits per heavy atom. The Hall–Kier alpha value is -1.73. The van der Waals surface area contributed by atoms with E-state index in [1.54, 1.807) is 11.3 Å². The van der Waals surface area contributed by atoms with Crippen molar-refractivity contribution < 1.29 is 4.39 Å². The van der Waals surface area contributed by atoms with Gasteiger partial charge in [-0.15, -0.1) is 35.3 Å². The van der Waals surface area contributed by atoms with Crippen molar-refractivity contribution in [1.29, 1.82) is 5.26 Å². The minimum atomic E-state index is -0.359. The van der Waals surface area contributed by atoms with Crippen molar-refractivity contribution in [2.75, 3.05) is 6.54 Å². The van der Waals surface area contributed by atoms with Crippen LogP contribution in [0.15, 0.2) is 23.2 Å². The topological polar surface area (TPSA) is 73.1 Å². The Kier molecular flexibility index (Phi) is 8.78. The zero-order chi connectivity index (χ0) is 17.5.